The van der Waals surface area contributed by atoms with Crippen LogP contribution in [0.15, 0.2) is 16.7 Å². The van der Waals surface area contributed by atoms with Crippen molar-refractivity contribution < 1.29 is 9.53 Å². The van der Waals surface area contributed by atoms with Crippen LogP contribution in [0.2, 0.25) is 5.02 Å². The lowest BCUT2D eigenvalue weighted by molar-refractivity contribution is -0.135. The molecule has 1 aromatic rings. The first-order chi connectivity index (χ1) is 9.08. The number of hydrogen-bond donors (Lipinski definition) is 1. The van der Waals surface area contributed by atoms with Gasteiger partial charge in [-0.05, 0) is 28.9 Å². The van der Waals surface area contributed by atoms with Gasteiger partial charge in [0.2, 0.25) is 5.91 Å². The lowest BCUT2D eigenvalue weighted by atomic mass is 10.2. The predicted octanol–water partition coefficient (Wildman–Crippen LogP) is 2.16. The van der Waals surface area contributed by atoms with Crippen LogP contribution < -0.4 is 5.32 Å². The van der Waals surface area contributed by atoms with Crippen LogP contribution in [-0.4, -0.2) is 48.1 Å². The molecule has 19 heavy (non-hydrogen) atoms. The third kappa shape index (κ3) is 3.81. The van der Waals surface area contributed by atoms with E-state index in [1.54, 1.807) is 24.1 Å². The largest absolute Gasteiger partial charge is 0.378 e. The van der Waals surface area contributed by atoms with Gasteiger partial charge >= 0.3 is 0 Å². The molecule has 0 saturated carbocycles. The smallest absolute Gasteiger partial charge is 0.244 e. The maximum absolute atomic E-state index is 12.2. The average Bonchev–Trinajstić information content (AvgIpc) is 2.42. The van der Waals surface area contributed by atoms with Gasteiger partial charge in [0.1, 0.15) is 11.9 Å². The quantitative estimate of drug-likeness (QED) is 0.909. The minimum absolute atomic E-state index is 0.0316. The molecule has 1 N–H and O–H groups in total. The van der Waals surface area contributed by atoms with E-state index in [2.05, 4.69) is 26.2 Å². The first-order valence-corrected chi connectivity index (χ1v) is 7.19. The van der Waals surface area contributed by atoms with Crippen LogP contribution in [0, 0.1) is 0 Å². The summed E-state index contributed by atoms with van der Waals surface area (Å²) in [7, 11) is 0. The van der Waals surface area contributed by atoms with Crippen LogP contribution in [0.4, 0.5) is 5.82 Å². The summed E-state index contributed by atoms with van der Waals surface area (Å²) in [5.41, 5.74) is 0. The molecule has 1 aromatic heterocycles. The molecular weight excluding hydrogens is 334 g/mol. The number of nitrogens with zero attached hydrogens (tertiary/aromatic N) is 2. The maximum atomic E-state index is 12.2. The molecule has 1 aliphatic heterocycles. The second-order valence-corrected chi connectivity index (χ2v) is 5.61. The Hall–Kier alpha value is -0.850. The Balaban J connectivity index is 1.99. The van der Waals surface area contributed by atoms with E-state index in [4.69, 9.17) is 16.3 Å². The van der Waals surface area contributed by atoms with E-state index >= 15 is 0 Å². The summed E-state index contributed by atoms with van der Waals surface area (Å²) in [6.45, 7) is 4.25. The number of amides is 1. The van der Waals surface area contributed by atoms with Crippen molar-refractivity contribution in [1.29, 1.82) is 0 Å². The van der Waals surface area contributed by atoms with Crippen LogP contribution in [0.3, 0.4) is 0 Å². The standard InChI is InChI=1S/C12H15BrClN3O2/c1-8(12(18)17-2-4-19-5-3-17)16-11-10(14)6-9(13)7-15-11/h6-8H,2-5H2,1H3,(H,15,16). The van der Waals surface area contributed by atoms with Gasteiger partial charge in [-0.25, -0.2) is 4.98 Å². The lowest BCUT2D eigenvalue weighted by Gasteiger charge is -2.29. The summed E-state index contributed by atoms with van der Waals surface area (Å²) < 4.78 is 6.03. The number of anilines is 1. The SMILES string of the molecule is CC(Nc1ncc(Br)cc1Cl)C(=O)N1CCOCC1. The summed E-state index contributed by atoms with van der Waals surface area (Å²) in [5, 5.41) is 3.52. The van der Waals surface area contributed by atoms with Crippen molar-refractivity contribution in [2.75, 3.05) is 31.6 Å². The Kier molecular flexibility index (Phi) is 5.01. The van der Waals surface area contributed by atoms with Gasteiger partial charge in [0.05, 0.1) is 18.2 Å². The first kappa shape index (κ1) is 14.6. The third-order valence-electron chi connectivity index (χ3n) is 2.85. The van der Waals surface area contributed by atoms with E-state index in [9.17, 15) is 4.79 Å². The second-order valence-electron chi connectivity index (χ2n) is 4.29. The molecule has 1 aliphatic rings. The van der Waals surface area contributed by atoms with Crippen LogP contribution in [-0.2, 0) is 9.53 Å². The van der Waals surface area contributed by atoms with E-state index in [1.165, 1.54) is 0 Å². The monoisotopic (exact) mass is 347 g/mol. The molecule has 0 spiro atoms. The van der Waals surface area contributed by atoms with Gasteiger partial charge in [-0.1, -0.05) is 11.6 Å². The van der Waals surface area contributed by atoms with E-state index in [-0.39, 0.29) is 11.9 Å². The van der Waals surface area contributed by atoms with Crippen molar-refractivity contribution in [2.24, 2.45) is 0 Å². The summed E-state index contributed by atoms with van der Waals surface area (Å²) in [5.74, 6) is 0.545. The molecule has 0 radical (unpaired) electrons. The minimum atomic E-state index is -0.371. The van der Waals surface area contributed by atoms with Gasteiger partial charge in [0.25, 0.3) is 0 Å². The van der Waals surface area contributed by atoms with Crippen LogP contribution in [0.5, 0.6) is 0 Å². The zero-order valence-electron chi connectivity index (χ0n) is 10.5. The molecule has 0 bridgehead atoms. The summed E-state index contributed by atoms with van der Waals surface area (Å²) in [6.07, 6.45) is 1.64. The Labute approximate surface area is 125 Å². The first-order valence-electron chi connectivity index (χ1n) is 6.02. The van der Waals surface area contributed by atoms with E-state index in [1.807, 2.05) is 0 Å². The van der Waals surface area contributed by atoms with Crippen LogP contribution in [0.25, 0.3) is 0 Å². The Bertz CT molecular complexity index is 466. The van der Waals surface area contributed by atoms with Gasteiger partial charge in [-0.2, -0.15) is 0 Å². The molecule has 7 heteroatoms. The third-order valence-corrected chi connectivity index (χ3v) is 3.58. The minimum Gasteiger partial charge on any atom is -0.378 e. The van der Waals surface area contributed by atoms with Crippen LogP contribution in [0.1, 0.15) is 6.92 Å². The number of pyridine rings is 1. The van der Waals surface area contributed by atoms with Crippen molar-refractivity contribution in [1.82, 2.24) is 9.88 Å². The normalized spacial score (nSPS) is 17.1. The topological polar surface area (TPSA) is 54.5 Å². The highest BCUT2D eigenvalue weighted by atomic mass is 79.9. The number of halogens is 2. The fourth-order valence-electron chi connectivity index (χ4n) is 1.85. The molecule has 5 nitrogen and oxygen atoms in total. The average molecular weight is 349 g/mol. The molecule has 1 amide bonds. The highest BCUT2D eigenvalue weighted by Crippen LogP contribution is 2.23. The van der Waals surface area contributed by atoms with Crippen molar-refractivity contribution in [3.63, 3.8) is 0 Å². The molecule has 1 unspecified atom stereocenters. The van der Waals surface area contributed by atoms with E-state index in [0.717, 1.165) is 4.47 Å². The number of hydrogen-bond acceptors (Lipinski definition) is 4. The van der Waals surface area contributed by atoms with Gasteiger partial charge in [0, 0.05) is 23.8 Å². The highest BCUT2D eigenvalue weighted by Gasteiger charge is 2.23. The number of nitrogens with one attached hydrogen (secondary N) is 1. The molecule has 1 atom stereocenters. The fraction of sp³-hybridized carbons (Fsp3) is 0.500. The Morgan fingerprint density at radius 3 is 2.89 bits per heavy atom. The summed E-state index contributed by atoms with van der Waals surface area (Å²) >= 11 is 9.35. The number of carbonyl (C=O) groups is 1. The number of carbonyl (C=O) groups excluding carboxylic acids is 1. The Morgan fingerprint density at radius 1 is 1.58 bits per heavy atom. The number of aromatic nitrogens is 1. The second kappa shape index (κ2) is 6.54. The molecule has 2 heterocycles. The van der Waals surface area contributed by atoms with Crippen molar-refractivity contribution >= 4 is 39.3 Å². The molecule has 104 valence electrons. The molecule has 1 fully saturated rings. The van der Waals surface area contributed by atoms with Gasteiger partial charge < -0.3 is 15.0 Å². The maximum Gasteiger partial charge on any atom is 0.244 e. The summed E-state index contributed by atoms with van der Waals surface area (Å²) in [4.78, 5) is 18.2. The van der Waals surface area contributed by atoms with Crippen molar-refractivity contribution in [3.8, 4) is 0 Å². The lowest BCUT2D eigenvalue weighted by Crippen LogP contribution is -2.47. The highest BCUT2D eigenvalue weighted by molar-refractivity contribution is 9.10. The zero-order chi connectivity index (χ0) is 13.8. The zero-order valence-corrected chi connectivity index (χ0v) is 12.9. The predicted molar refractivity (Wildman–Crippen MR) is 77.4 cm³/mol. The molecular formula is C12H15BrClN3O2. The molecule has 2 rings (SSSR count). The van der Waals surface area contributed by atoms with E-state index < -0.39 is 0 Å². The molecule has 1 saturated heterocycles. The Morgan fingerprint density at radius 2 is 2.26 bits per heavy atom. The number of ether oxygens (including phenoxy) is 1. The number of rotatable bonds is 3. The number of morpholine rings is 1. The van der Waals surface area contributed by atoms with Gasteiger partial charge in [0.15, 0.2) is 0 Å². The fourth-order valence-corrected chi connectivity index (χ4v) is 2.53. The molecule has 0 aromatic carbocycles. The van der Waals surface area contributed by atoms with E-state index in [0.29, 0.717) is 37.1 Å². The van der Waals surface area contributed by atoms with Gasteiger partial charge in [-0.15, -0.1) is 0 Å². The van der Waals surface area contributed by atoms with Gasteiger partial charge in [-0.3, -0.25) is 4.79 Å². The molecule has 0 aliphatic carbocycles. The summed E-state index contributed by atoms with van der Waals surface area (Å²) in [6, 6.07) is 1.37. The van der Waals surface area contributed by atoms with Crippen LogP contribution >= 0.6 is 27.5 Å². The van der Waals surface area contributed by atoms with Crippen molar-refractivity contribution in [2.45, 2.75) is 13.0 Å². The van der Waals surface area contributed by atoms with Crippen molar-refractivity contribution in [3.05, 3.63) is 21.8 Å².